The van der Waals surface area contributed by atoms with Gasteiger partial charge in [-0.15, -0.1) is 11.3 Å². The molecular weight excluding hydrogens is 322 g/mol. The number of rotatable bonds is 6. The van der Waals surface area contributed by atoms with Gasteiger partial charge < -0.3 is 5.32 Å². The van der Waals surface area contributed by atoms with E-state index in [9.17, 15) is 4.79 Å². The van der Waals surface area contributed by atoms with E-state index in [0.717, 1.165) is 11.4 Å². The van der Waals surface area contributed by atoms with Gasteiger partial charge in [-0.3, -0.25) is 9.48 Å². The topological polar surface area (TPSA) is 72.7 Å². The highest BCUT2D eigenvalue weighted by molar-refractivity contribution is 7.09. The van der Waals surface area contributed by atoms with E-state index < -0.39 is 0 Å². The molecular formula is C17H19N5OS. The van der Waals surface area contributed by atoms with E-state index in [1.165, 1.54) is 28.8 Å². The minimum Gasteiger partial charge on any atom is -0.346 e. The van der Waals surface area contributed by atoms with Gasteiger partial charge in [-0.2, -0.15) is 5.10 Å². The Labute approximate surface area is 144 Å². The van der Waals surface area contributed by atoms with E-state index in [0.29, 0.717) is 12.2 Å². The Morgan fingerprint density at radius 3 is 2.83 bits per heavy atom. The molecule has 2 heterocycles. The summed E-state index contributed by atoms with van der Waals surface area (Å²) in [5.74, 6) is -0.158. The number of aryl methyl sites for hydroxylation is 1. The molecule has 1 atom stereocenters. The predicted octanol–water partition coefficient (Wildman–Crippen LogP) is 2.45. The van der Waals surface area contributed by atoms with Crippen LogP contribution in [0.25, 0.3) is 0 Å². The highest BCUT2D eigenvalue weighted by Crippen LogP contribution is 2.15. The molecule has 0 aliphatic rings. The average molecular weight is 341 g/mol. The van der Waals surface area contributed by atoms with Gasteiger partial charge in [-0.1, -0.05) is 29.8 Å². The highest BCUT2D eigenvalue weighted by Gasteiger charge is 2.14. The average Bonchev–Trinajstić information content (AvgIpc) is 3.21. The van der Waals surface area contributed by atoms with Crippen molar-refractivity contribution in [3.8, 4) is 0 Å². The normalized spacial score (nSPS) is 12.1. The van der Waals surface area contributed by atoms with Gasteiger partial charge in [0.2, 0.25) is 0 Å². The quantitative estimate of drug-likeness (QED) is 0.747. The monoisotopic (exact) mass is 341 g/mol. The molecule has 0 aliphatic heterocycles. The predicted molar refractivity (Wildman–Crippen MR) is 93.0 cm³/mol. The zero-order valence-corrected chi connectivity index (χ0v) is 14.5. The Balaban J connectivity index is 1.58. The van der Waals surface area contributed by atoms with Crippen LogP contribution in [-0.2, 0) is 13.0 Å². The van der Waals surface area contributed by atoms with Crippen LogP contribution in [-0.4, -0.2) is 31.7 Å². The minimum atomic E-state index is -0.158. The SMILES string of the molecule is Cc1ccc(Cc2nc(C(=O)N[C@@H](C)Cn3cncn3)cs2)cc1. The molecule has 6 nitrogen and oxygen atoms in total. The number of thiazole rings is 1. The molecule has 0 bridgehead atoms. The van der Waals surface area contributed by atoms with Gasteiger partial charge in [0, 0.05) is 17.8 Å². The molecule has 3 aromatic rings. The molecule has 0 unspecified atom stereocenters. The van der Waals surface area contributed by atoms with E-state index in [2.05, 4.69) is 51.6 Å². The minimum absolute atomic E-state index is 0.0542. The van der Waals surface area contributed by atoms with Gasteiger partial charge in [0.15, 0.2) is 0 Å². The summed E-state index contributed by atoms with van der Waals surface area (Å²) in [7, 11) is 0. The second-order valence-electron chi connectivity index (χ2n) is 5.78. The van der Waals surface area contributed by atoms with Crippen molar-refractivity contribution in [2.24, 2.45) is 0 Å². The van der Waals surface area contributed by atoms with Crippen molar-refractivity contribution in [3.63, 3.8) is 0 Å². The molecule has 1 amide bonds. The lowest BCUT2D eigenvalue weighted by molar-refractivity contribution is 0.0931. The van der Waals surface area contributed by atoms with Gasteiger partial charge in [-0.25, -0.2) is 9.97 Å². The van der Waals surface area contributed by atoms with Crippen LogP contribution in [0.15, 0.2) is 42.3 Å². The maximum atomic E-state index is 12.3. The van der Waals surface area contributed by atoms with E-state index in [4.69, 9.17) is 0 Å². The van der Waals surface area contributed by atoms with Gasteiger partial charge in [0.25, 0.3) is 5.91 Å². The van der Waals surface area contributed by atoms with Crippen molar-refractivity contribution >= 4 is 17.2 Å². The van der Waals surface area contributed by atoms with Crippen molar-refractivity contribution < 1.29 is 4.79 Å². The van der Waals surface area contributed by atoms with E-state index in [1.54, 1.807) is 16.4 Å². The summed E-state index contributed by atoms with van der Waals surface area (Å²) in [6, 6.07) is 8.31. The third-order valence-corrected chi connectivity index (χ3v) is 4.41. The molecule has 2 aromatic heterocycles. The molecule has 7 heteroatoms. The van der Waals surface area contributed by atoms with Gasteiger partial charge in [0.05, 0.1) is 11.6 Å². The number of hydrogen-bond acceptors (Lipinski definition) is 5. The van der Waals surface area contributed by atoms with E-state index in [-0.39, 0.29) is 11.9 Å². The van der Waals surface area contributed by atoms with Gasteiger partial charge >= 0.3 is 0 Å². The molecule has 0 aliphatic carbocycles. The molecule has 3 rings (SSSR count). The molecule has 0 spiro atoms. The number of benzene rings is 1. The summed E-state index contributed by atoms with van der Waals surface area (Å²) in [6.07, 6.45) is 3.85. The standard InChI is InChI=1S/C17H19N5OS/c1-12-3-5-14(6-4-12)7-16-21-15(9-24-16)17(23)20-13(2)8-22-11-18-10-19-22/h3-6,9-11,13H,7-8H2,1-2H3,(H,20,23)/t13-/m0/s1. The number of aromatic nitrogens is 4. The Bertz CT molecular complexity index is 795. The fraction of sp³-hybridized carbons (Fsp3) is 0.294. The fourth-order valence-corrected chi connectivity index (χ4v) is 3.14. The summed E-state index contributed by atoms with van der Waals surface area (Å²) in [6.45, 7) is 4.57. The molecule has 124 valence electrons. The van der Waals surface area contributed by atoms with Crippen LogP contribution in [0.3, 0.4) is 0 Å². The summed E-state index contributed by atoms with van der Waals surface area (Å²) >= 11 is 1.51. The molecule has 0 fully saturated rings. The van der Waals surface area contributed by atoms with Crippen LogP contribution < -0.4 is 5.32 Å². The zero-order valence-electron chi connectivity index (χ0n) is 13.6. The number of hydrogen-bond donors (Lipinski definition) is 1. The summed E-state index contributed by atoms with van der Waals surface area (Å²) in [5.41, 5.74) is 2.90. The van der Waals surface area contributed by atoms with Crippen LogP contribution in [0.1, 0.15) is 33.5 Å². The lowest BCUT2D eigenvalue weighted by Gasteiger charge is -2.12. The molecule has 1 aromatic carbocycles. The first-order valence-electron chi connectivity index (χ1n) is 7.73. The summed E-state index contributed by atoms with van der Waals surface area (Å²) < 4.78 is 1.69. The molecule has 0 saturated carbocycles. The van der Waals surface area contributed by atoms with E-state index in [1.807, 2.05) is 6.92 Å². The van der Waals surface area contributed by atoms with Crippen molar-refractivity contribution in [2.45, 2.75) is 32.9 Å². The van der Waals surface area contributed by atoms with Gasteiger partial charge in [0.1, 0.15) is 18.3 Å². The maximum absolute atomic E-state index is 12.3. The fourth-order valence-electron chi connectivity index (χ4n) is 2.33. The number of carbonyl (C=O) groups excluding carboxylic acids is 1. The van der Waals surface area contributed by atoms with Crippen LogP contribution in [0, 0.1) is 6.92 Å². The zero-order chi connectivity index (χ0) is 16.9. The number of amides is 1. The first-order chi connectivity index (χ1) is 11.6. The number of nitrogens with zero attached hydrogens (tertiary/aromatic N) is 4. The molecule has 0 saturated heterocycles. The summed E-state index contributed by atoms with van der Waals surface area (Å²) in [5, 5.41) is 9.71. The van der Waals surface area contributed by atoms with Crippen molar-refractivity contribution in [3.05, 3.63) is 64.1 Å². The molecule has 1 N–H and O–H groups in total. The largest absolute Gasteiger partial charge is 0.346 e. The van der Waals surface area contributed by atoms with Crippen molar-refractivity contribution in [1.29, 1.82) is 0 Å². The highest BCUT2D eigenvalue weighted by atomic mass is 32.1. The first-order valence-corrected chi connectivity index (χ1v) is 8.61. The Morgan fingerprint density at radius 1 is 1.33 bits per heavy atom. The number of nitrogens with one attached hydrogen (secondary N) is 1. The third-order valence-electron chi connectivity index (χ3n) is 3.57. The molecule has 0 radical (unpaired) electrons. The Kier molecular flexibility index (Phi) is 5.00. The van der Waals surface area contributed by atoms with Crippen molar-refractivity contribution in [1.82, 2.24) is 25.1 Å². The van der Waals surface area contributed by atoms with Crippen LogP contribution in [0.5, 0.6) is 0 Å². The molecule has 24 heavy (non-hydrogen) atoms. The number of carbonyl (C=O) groups is 1. The first kappa shape index (κ1) is 16.3. The maximum Gasteiger partial charge on any atom is 0.271 e. The van der Waals surface area contributed by atoms with Crippen LogP contribution in [0.4, 0.5) is 0 Å². The van der Waals surface area contributed by atoms with Gasteiger partial charge in [-0.05, 0) is 19.4 Å². The second-order valence-corrected chi connectivity index (χ2v) is 6.72. The third kappa shape index (κ3) is 4.26. The van der Waals surface area contributed by atoms with Crippen LogP contribution >= 0.6 is 11.3 Å². The van der Waals surface area contributed by atoms with Crippen molar-refractivity contribution in [2.75, 3.05) is 0 Å². The lowest BCUT2D eigenvalue weighted by Crippen LogP contribution is -2.36. The Hall–Kier alpha value is -2.54. The smallest absolute Gasteiger partial charge is 0.271 e. The summed E-state index contributed by atoms with van der Waals surface area (Å²) in [4.78, 5) is 20.6. The second kappa shape index (κ2) is 7.35. The van der Waals surface area contributed by atoms with Crippen LogP contribution in [0.2, 0.25) is 0 Å². The van der Waals surface area contributed by atoms with E-state index >= 15 is 0 Å². The lowest BCUT2D eigenvalue weighted by atomic mass is 10.1. The Morgan fingerprint density at radius 2 is 2.12 bits per heavy atom.